The van der Waals surface area contributed by atoms with Crippen molar-refractivity contribution in [3.8, 4) is 28.7 Å². The van der Waals surface area contributed by atoms with Gasteiger partial charge in [-0.05, 0) is 48.4 Å². The number of fused-ring (bicyclic) bond motifs is 1. The number of ether oxygens (including phenoxy) is 5. The van der Waals surface area contributed by atoms with E-state index in [0.717, 1.165) is 22.4 Å². The van der Waals surface area contributed by atoms with Crippen LogP contribution in [0.1, 0.15) is 45.8 Å². The highest BCUT2D eigenvalue weighted by atomic mass is 16.5. The molecule has 0 unspecified atom stereocenters. The van der Waals surface area contributed by atoms with Gasteiger partial charge in [0, 0.05) is 29.2 Å². The number of hydrogen-bond acceptors (Lipinski definition) is 6. The first-order valence-electron chi connectivity index (χ1n) is 10.8. The van der Waals surface area contributed by atoms with E-state index < -0.39 is 5.92 Å². The molecule has 0 aliphatic heterocycles. The molecule has 0 amide bonds. The lowest BCUT2D eigenvalue weighted by atomic mass is 9.81. The number of hydrogen-bond donors (Lipinski definition) is 0. The molecular formula is C27H28O6. The predicted molar refractivity (Wildman–Crippen MR) is 126 cm³/mol. The maximum atomic E-state index is 13.9. The van der Waals surface area contributed by atoms with Gasteiger partial charge in [-0.2, -0.15) is 0 Å². The first kappa shape index (κ1) is 22.5. The lowest BCUT2D eigenvalue weighted by Gasteiger charge is -2.23. The van der Waals surface area contributed by atoms with Gasteiger partial charge >= 0.3 is 0 Å². The molecule has 1 aliphatic carbocycles. The third-order valence-electron chi connectivity index (χ3n) is 6.05. The zero-order chi connectivity index (χ0) is 23.5. The lowest BCUT2D eigenvalue weighted by Crippen LogP contribution is -2.13. The van der Waals surface area contributed by atoms with Gasteiger partial charge in [0.2, 0.25) is 0 Å². The van der Waals surface area contributed by atoms with Crippen molar-refractivity contribution >= 4 is 5.78 Å². The van der Waals surface area contributed by atoms with Gasteiger partial charge < -0.3 is 23.7 Å². The van der Waals surface area contributed by atoms with Crippen LogP contribution in [-0.4, -0.2) is 40.8 Å². The van der Waals surface area contributed by atoms with Crippen LogP contribution >= 0.6 is 0 Å². The predicted octanol–water partition coefficient (Wildman–Crippen LogP) is 5.23. The molecule has 0 fully saturated rings. The Hall–Kier alpha value is -3.67. The number of rotatable bonds is 8. The number of Topliss-reactive ketones (excluding diaryl/α,β-unsaturated/α-hetero) is 1. The van der Waals surface area contributed by atoms with Crippen LogP contribution in [0.15, 0.2) is 54.6 Å². The third-order valence-corrected chi connectivity index (χ3v) is 6.05. The number of methoxy groups -OCH3 is 4. The van der Waals surface area contributed by atoms with E-state index in [1.54, 1.807) is 40.6 Å². The van der Waals surface area contributed by atoms with E-state index in [0.29, 0.717) is 35.2 Å². The number of ketones is 1. The third kappa shape index (κ3) is 4.09. The first-order chi connectivity index (χ1) is 16.0. The Morgan fingerprint density at radius 2 is 1.27 bits per heavy atom. The average molecular weight is 449 g/mol. The fraction of sp³-hybridized carbons (Fsp3) is 0.296. The van der Waals surface area contributed by atoms with Crippen molar-refractivity contribution in [1.29, 1.82) is 0 Å². The minimum absolute atomic E-state index is 0.00334. The molecule has 1 aliphatic rings. The van der Waals surface area contributed by atoms with Crippen LogP contribution in [0.3, 0.4) is 0 Å². The van der Waals surface area contributed by atoms with E-state index in [4.69, 9.17) is 23.7 Å². The molecule has 3 aromatic carbocycles. The summed E-state index contributed by atoms with van der Waals surface area (Å²) in [7, 11) is 6.38. The maximum Gasteiger partial charge on any atom is 0.171 e. The molecule has 2 atom stereocenters. The summed E-state index contributed by atoms with van der Waals surface area (Å²) in [6.45, 7) is 2.54. The van der Waals surface area contributed by atoms with E-state index in [9.17, 15) is 4.79 Å². The summed E-state index contributed by atoms with van der Waals surface area (Å²) in [5.74, 6) is 2.49. The highest BCUT2D eigenvalue weighted by Gasteiger charge is 2.44. The monoisotopic (exact) mass is 448 g/mol. The Balaban J connectivity index is 1.94. The molecule has 0 radical (unpaired) electrons. The smallest absolute Gasteiger partial charge is 0.171 e. The van der Waals surface area contributed by atoms with Crippen LogP contribution in [0.25, 0.3) is 0 Å². The molecule has 33 heavy (non-hydrogen) atoms. The minimum Gasteiger partial charge on any atom is -0.497 e. The zero-order valence-electron chi connectivity index (χ0n) is 19.5. The first-order valence-corrected chi connectivity index (χ1v) is 10.8. The molecule has 0 heterocycles. The van der Waals surface area contributed by atoms with Gasteiger partial charge in [0.25, 0.3) is 0 Å². The van der Waals surface area contributed by atoms with Crippen molar-refractivity contribution in [3.05, 3.63) is 76.9 Å². The minimum atomic E-state index is -0.483. The Morgan fingerprint density at radius 1 is 0.667 bits per heavy atom. The lowest BCUT2D eigenvalue weighted by molar-refractivity contribution is 0.0968. The Bertz CT molecular complexity index is 1130. The maximum absolute atomic E-state index is 13.9. The summed E-state index contributed by atoms with van der Waals surface area (Å²) in [5, 5.41) is 0. The van der Waals surface area contributed by atoms with E-state index >= 15 is 0 Å². The van der Waals surface area contributed by atoms with Gasteiger partial charge in [-0.25, -0.2) is 0 Å². The highest BCUT2D eigenvalue weighted by Crippen LogP contribution is 2.53. The van der Waals surface area contributed by atoms with Crippen molar-refractivity contribution in [2.75, 3.05) is 35.0 Å². The van der Waals surface area contributed by atoms with Crippen molar-refractivity contribution in [2.24, 2.45) is 0 Å². The van der Waals surface area contributed by atoms with Crippen LogP contribution < -0.4 is 23.7 Å². The topological polar surface area (TPSA) is 63.2 Å². The summed E-state index contributed by atoms with van der Waals surface area (Å²) in [4.78, 5) is 13.9. The van der Waals surface area contributed by atoms with Gasteiger partial charge in [0.15, 0.2) is 5.78 Å². The summed E-state index contributed by atoms with van der Waals surface area (Å²) >= 11 is 0. The van der Waals surface area contributed by atoms with E-state index in [1.807, 2.05) is 49.4 Å². The fourth-order valence-electron chi connectivity index (χ4n) is 4.55. The second-order valence-corrected chi connectivity index (χ2v) is 7.76. The SMILES string of the molecule is CCOc1ccc([C@@H]2c3c(OC)cc(OC)cc3C(=O)[C@H]2c2cc(OC)cc(OC)c2)cc1. The van der Waals surface area contributed by atoms with Crippen LogP contribution in [0.5, 0.6) is 28.7 Å². The molecule has 3 aromatic rings. The van der Waals surface area contributed by atoms with Crippen molar-refractivity contribution < 1.29 is 28.5 Å². The fourth-order valence-corrected chi connectivity index (χ4v) is 4.55. The molecule has 4 rings (SSSR count). The van der Waals surface area contributed by atoms with Crippen molar-refractivity contribution in [2.45, 2.75) is 18.8 Å². The number of carbonyl (C=O) groups excluding carboxylic acids is 1. The summed E-state index contributed by atoms with van der Waals surface area (Å²) in [5.41, 5.74) is 3.24. The molecule has 0 spiro atoms. The van der Waals surface area contributed by atoms with Crippen LogP contribution in [0.4, 0.5) is 0 Å². The van der Waals surface area contributed by atoms with Crippen LogP contribution in [0.2, 0.25) is 0 Å². The molecule has 0 saturated carbocycles. The molecular weight excluding hydrogens is 420 g/mol. The zero-order valence-corrected chi connectivity index (χ0v) is 19.5. The Labute approximate surface area is 194 Å². The molecule has 0 saturated heterocycles. The van der Waals surface area contributed by atoms with Crippen LogP contribution in [-0.2, 0) is 0 Å². The second-order valence-electron chi connectivity index (χ2n) is 7.76. The molecule has 6 nitrogen and oxygen atoms in total. The van der Waals surface area contributed by atoms with Crippen molar-refractivity contribution in [3.63, 3.8) is 0 Å². The summed E-state index contributed by atoms with van der Waals surface area (Å²) < 4.78 is 27.8. The van der Waals surface area contributed by atoms with Gasteiger partial charge in [-0.15, -0.1) is 0 Å². The molecule has 0 aromatic heterocycles. The van der Waals surface area contributed by atoms with Gasteiger partial charge in [0.1, 0.15) is 28.7 Å². The quantitative estimate of drug-likeness (QED) is 0.470. The van der Waals surface area contributed by atoms with Crippen LogP contribution in [0, 0.1) is 0 Å². The van der Waals surface area contributed by atoms with Gasteiger partial charge in [-0.1, -0.05) is 12.1 Å². The van der Waals surface area contributed by atoms with Crippen molar-refractivity contribution in [1.82, 2.24) is 0 Å². The average Bonchev–Trinajstić information content (AvgIpc) is 3.15. The standard InChI is InChI=1S/C27H28O6/c1-6-33-18-9-7-16(8-10-18)24-25(17-11-19(29-2)13-20(12-17)30-3)27(28)22-14-21(31-4)15-23(32-5)26(22)24/h7-15,24-25H,6H2,1-5H3/t24-,25-/m0/s1. The van der Waals surface area contributed by atoms with E-state index in [2.05, 4.69) is 0 Å². The largest absolute Gasteiger partial charge is 0.497 e. The normalized spacial score (nSPS) is 16.8. The van der Waals surface area contributed by atoms with E-state index in [1.165, 1.54) is 0 Å². The Morgan fingerprint density at radius 3 is 1.82 bits per heavy atom. The second kappa shape index (κ2) is 9.45. The molecule has 172 valence electrons. The molecule has 0 bridgehead atoms. The Kier molecular flexibility index (Phi) is 6.45. The highest BCUT2D eigenvalue weighted by molar-refractivity contribution is 6.08. The molecule has 6 heteroatoms. The molecule has 0 N–H and O–H groups in total. The number of carbonyl (C=O) groups is 1. The summed E-state index contributed by atoms with van der Waals surface area (Å²) in [6.07, 6.45) is 0. The van der Waals surface area contributed by atoms with Gasteiger partial charge in [0.05, 0.1) is 41.0 Å². The van der Waals surface area contributed by atoms with Gasteiger partial charge in [-0.3, -0.25) is 4.79 Å². The number of benzene rings is 3. The summed E-state index contributed by atoms with van der Waals surface area (Å²) in [6, 6.07) is 17.1. The van der Waals surface area contributed by atoms with E-state index in [-0.39, 0.29) is 11.7 Å².